The topological polar surface area (TPSA) is 36.9 Å². The first kappa shape index (κ1) is 19.0. The molecule has 0 bridgehead atoms. The van der Waals surface area contributed by atoms with Crippen LogP contribution in [0.5, 0.6) is 23.0 Å². The molecule has 0 aliphatic carbocycles. The van der Waals surface area contributed by atoms with Gasteiger partial charge >= 0.3 is 0 Å². The Hall–Kier alpha value is -2.36. The van der Waals surface area contributed by atoms with Crippen LogP contribution in [-0.2, 0) is 0 Å². The third-order valence-corrected chi connectivity index (χ3v) is 3.61. The maximum Gasteiger partial charge on any atom is 0.119 e. The van der Waals surface area contributed by atoms with Crippen molar-refractivity contribution in [1.29, 1.82) is 0 Å². The monoisotopic (exact) mass is 344 g/mol. The second-order valence-corrected chi connectivity index (χ2v) is 5.90. The van der Waals surface area contributed by atoms with Crippen molar-refractivity contribution in [3.05, 3.63) is 48.5 Å². The lowest BCUT2D eigenvalue weighted by molar-refractivity contribution is 0.130. The number of hydrogen-bond acceptors (Lipinski definition) is 4. The van der Waals surface area contributed by atoms with Gasteiger partial charge in [-0.05, 0) is 76.2 Å². The number of hydrogen-bond donors (Lipinski definition) is 0. The molecule has 0 radical (unpaired) electrons. The summed E-state index contributed by atoms with van der Waals surface area (Å²) in [6.45, 7) is 9.37. The minimum absolute atomic E-state index is 0.0515. The Morgan fingerprint density at radius 2 is 0.920 bits per heavy atom. The van der Waals surface area contributed by atoms with Crippen molar-refractivity contribution in [3.63, 3.8) is 0 Å². The van der Waals surface area contributed by atoms with Crippen LogP contribution in [0.1, 0.15) is 34.1 Å². The molecule has 0 saturated heterocycles. The largest absolute Gasteiger partial charge is 0.494 e. The highest BCUT2D eigenvalue weighted by atomic mass is 16.5. The predicted molar refractivity (Wildman–Crippen MR) is 100 cm³/mol. The second kappa shape index (κ2) is 9.82. The highest BCUT2D eigenvalue weighted by Crippen LogP contribution is 2.22. The van der Waals surface area contributed by atoms with Crippen LogP contribution in [0.2, 0.25) is 0 Å². The fourth-order valence-corrected chi connectivity index (χ4v) is 2.59. The van der Waals surface area contributed by atoms with Crippen molar-refractivity contribution in [3.8, 4) is 23.0 Å². The minimum atomic E-state index is 0.0515. The average Bonchev–Trinajstić information content (AvgIpc) is 2.59. The Morgan fingerprint density at radius 1 is 0.600 bits per heavy atom. The molecule has 0 heterocycles. The van der Waals surface area contributed by atoms with Crippen molar-refractivity contribution in [2.45, 2.75) is 46.3 Å². The smallest absolute Gasteiger partial charge is 0.119 e. The highest BCUT2D eigenvalue weighted by molar-refractivity contribution is 5.32. The molecule has 0 aliphatic heterocycles. The lowest BCUT2D eigenvalue weighted by atomic mass is 10.2. The van der Waals surface area contributed by atoms with Crippen molar-refractivity contribution in [2.24, 2.45) is 0 Å². The van der Waals surface area contributed by atoms with E-state index in [2.05, 4.69) is 13.8 Å². The zero-order valence-electron chi connectivity index (χ0n) is 15.5. The van der Waals surface area contributed by atoms with Gasteiger partial charge in [-0.1, -0.05) is 0 Å². The summed E-state index contributed by atoms with van der Waals surface area (Å²) in [5.41, 5.74) is 0. The van der Waals surface area contributed by atoms with Crippen molar-refractivity contribution >= 4 is 0 Å². The molecule has 0 amide bonds. The van der Waals surface area contributed by atoms with E-state index in [0.29, 0.717) is 13.2 Å². The standard InChI is InChI=1S/C21H28O4/c1-5-22-18-7-11-20(12-8-18)24-16(3)15-17(4)25-21-13-9-19(10-14-21)23-6-2/h7-14,16-17H,5-6,15H2,1-4H3. The van der Waals surface area contributed by atoms with Gasteiger partial charge in [-0.3, -0.25) is 0 Å². The Kier molecular flexibility index (Phi) is 7.45. The summed E-state index contributed by atoms with van der Waals surface area (Å²) < 4.78 is 22.8. The molecule has 2 aromatic rings. The van der Waals surface area contributed by atoms with Crippen LogP contribution in [0.3, 0.4) is 0 Å². The summed E-state index contributed by atoms with van der Waals surface area (Å²) in [4.78, 5) is 0. The fourth-order valence-electron chi connectivity index (χ4n) is 2.59. The van der Waals surface area contributed by atoms with Gasteiger partial charge in [-0.25, -0.2) is 0 Å². The molecule has 4 heteroatoms. The molecule has 25 heavy (non-hydrogen) atoms. The van der Waals surface area contributed by atoms with Crippen LogP contribution in [0.15, 0.2) is 48.5 Å². The lowest BCUT2D eigenvalue weighted by Gasteiger charge is -2.20. The maximum absolute atomic E-state index is 5.95. The highest BCUT2D eigenvalue weighted by Gasteiger charge is 2.12. The number of ether oxygens (including phenoxy) is 4. The van der Waals surface area contributed by atoms with Gasteiger partial charge in [-0.15, -0.1) is 0 Å². The van der Waals surface area contributed by atoms with Crippen molar-refractivity contribution in [2.75, 3.05) is 13.2 Å². The van der Waals surface area contributed by atoms with Crippen LogP contribution in [-0.4, -0.2) is 25.4 Å². The van der Waals surface area contributed by atoms with Crippen LogP contribution >= 0.6 is 0 Å². The molecular weight excluding hydrogens is 316 g/mol. The van der Waals surface area contributed by atoms with Crippen molar-refractivity contribution in [1.82, 2.24) is 0 Å². The van der Waals surface area contributed by atoms with Crippen LogP contribution in [0.4, 0.5) is 0 Å². The first-order chi connectivity index (χ1) is 12.1. The normalized spacial score (nSPS) is 13.0. The molecule has 136 valence electrons. The van der Waals surface area contributed by atoms with Gasteiger partial charge in [-0.2, -0.15) is 0 Å². The summed E-state index contributed by atoms with van der Waals surface area (Å²) in [6.07, 6.45) is 0.895. The van der Waals surface area contributed by atoms with Gasteiger partial charge in [0, 0.05) is 6.42 Å². The molecule has 0 spiro atoms. The first-order valence-corrected chi connectivity index (χ1v) is 8.89. The molecule has 2 unspecified atom stereocenters. The van der Waals surface area contributed by atoms with E-state index in [9.17, 15) is 0 Å². The summed E-state index contributed by atoms with van der Waals surface area (Å²) >= 11 is 0. The molecule has 0 aromatic heterocycles. The molecule has 0 N–H and O–H groups in total. The van der Waals surface area contributed by atoms with E-state index in [1.165, 1.54) is 0 Å². The molecule has 2 rings (SSSR count). The minimum Gasteiger partial charge on any atom is -0.494 e. The molecule has 2 aromatic carbocycles. The molecule has 0 saturated carbocycles. The summed E-state index contributed by atoms with van der Waals surface area (Å²) in [6, 6.07) is 15.4. The Morgan fingerprint density at radius 3 is 1.24 bits per heavy atom. The van der Waals surface area contributed by atoms with Gasteiger partial charge in [0.05, 0.1) is 25.4 Å². The molecule has 2 atom stereocenters. The van der Waals surface area contributed by atoms with Crippen LogP contribution in [0, 0.1) is 0 Å². The molecular formula is C21H28O4. The van der Waals surface area contributed by atoms with E-state index in [1.54, 1.807) is 0 Å². The molecule has 0 aliphatic rings. The van der Waals surface area contributed by atoms with E-state index in [1.807, 2.05) is 62.4 Å². The zero-order valence-corrected chi connectivity index (χ0v) is 15.5. The van der Waals surface area contributed by atoms with Gasteiger partial charge < -0.3 is 18.9 Å². The van der Waals surface area contributed by atoms with Crippen molar-refractivity contribution < 1.29 is 18.9 Å². The van der Waals surface area contributed by atoms with E-state index in [4.69, 9.17) is 18.9 Å². The van der Waals surface area contributed by atoms with Gasteiger partial charge in [0.15, 0.2) is 0 Å². The Labute approximate surface area is 150 Å². The third kappa shape index (κ3) is 6.57. The number of rotatable bonds is 10. The van der Waals surface area contributed by atoms with E-state index in [0.717, 1.165) is 29.4 Å². The number of benzene rings is 2. The maximum atomic E-state index is 5.95. The summed E-state index contributed by atoms with van der Waals surface area (Å²) in [5.74, 6) is 3.39. The predicted octanol–water partition coefficient (Wildman–Crippen LogP) is 5.11. The Bertz CT molecular complexity index is 551. The van der Waals surface area contributed by atoms with Gasteiger partial charge in [0.1, 0.15) is 23.0 Å². The SMILES string of the molecule is CCOc1ccc(OC(C)CC(C)Oc2ccc(OCC)cc2)cc1. The average molecular weight is 344 g/mol. The van der Waals surface area contributed by atoms with Crippen LogP contribution < -0.4 is 18.9 Å². The zero-order chi connectivity index (χ0) is 18.1. The lowest BCUT2D eigenvalue weighted by Crippen LogP contribution is -2.22. The van der Waals surface area contributed by atoms with Crippen LogP contribution in [0.25, 0.3) is 0 Å². The third-order valence-electron chi connectivity index (χ3n) is 3.61. The van der Waals surface area contributed by atoms with E-state index < -0.39 is 0 Å². The molecule has 4 nitrogen and oxygen atoms in total. The first-order valence-electron chi connectivity index (χ1n) is 8.89. The van der Waals surface area contributed by atoms with E-state index in [-0.39, 0.29) is 12.2 Å². The fraction of sp³-hybridized carbons (Fsp3) is 0.429. The summed E-state index contributed by atoms with van der Waals surface area (Å²) in [5, 5.41) is 0. The van der Waals surface area contributed by atoms with Gasteiger partial charge in [0.2, 0.25) is 0 Å². The van der Waals surface area contributed by atoms with Gasteiger partial charge in [0.25, 0.3) is 0 Å². The van der Waals surface area contributed by atoms with E-state index >= 15 is 0 Å². The second-order valence-electron chi connectivity index (χ2n) is 5.90. The summed E-state index contributed by atoms with van der Waals surface area (Å²) in [7, 11) is 0. The Balaban J connectivity index is 1.79. The molecule has 0 fully saturated rings. The quantitative estimate of drug-likeness (QED) is 0.600.